The van der Waals surface area contributed by atoms with Gasteiger partial charge in [-0.1, -0.05) is 29.8 Å². The summed E-state index contributed by atoms with van der Waals surface area (Å²) in [4.78, 5) is 23.8. The summed E-state index contributed by atoms with van der Waals surface area (Å²) in [5.74, 6) is -1.04. The highest BCUT2D eigenvalue weighted by Gasteiger charge is 2.22. The number of hydrogen-bond acceptors (Lipinski definition) is 4. The number of amides is 2. The number of aryl methyl sites for hydroxylation is 1. The lowest BCUT2D eigenvalue weighted by Crippen LogP contribution is -2.44. The van der Waals surface area contributed by atoms with Crippen LogP contribution >= 0.6 is 0 Å². The Morgan fingerprint density at radius 2 is 1.79 bits per heavy atom. The monoisotopic (exact) mass is 264 g/mol. The van der Waals surface area contributed by atoms with E-state index in [1.54, 1.807) is 4.90 Å². The first-order valence-electron chi connectivity index (χ1n) is 6.01. The van der Waals surface area contributed by atoms with E-state index >= 15 is 0 Å². The molecule has 0 aliphatic heterocycles. The van der Waals surface area contributed by atoms with Crippen LogP contribution in [0.1, 0.15) is 17.2 Å². The van der Waals surface area contributed by atoms with Crippen LogP contribution < -0.4 is 17.2 Å². The van der Waals surface area contributed by atoms with Crippen LogP contribution in [-0.4, -0.2) is 36.3 Å². The first-order valence-corrected chi connectivity index (χ1v) is 6.01. The van der Waals surface area contributed by atoms with Gasteiger partial charge in [0.2, 0.25) is 11.8 Å². The van der Waals surface area contributed by atoms with Gasteiger partial charge in [-0.15, -0.1) is 0 Å². The molecule has 0 saturated carbocycles. The van der Waals surface area contributed by atoms with Gasteiger partial charge in [-0.25, -0.2) is 0 Å². The summed E-state index contributed by atoms with van der Waals surface area (Å²) in [6.45, 7) is 2.12. The molecule has 0 saturated heterocycles. The number of nitrogens with two attached hydrogens (primary N) is 3. The van der Waals surface area contributed by atoms with Crippen LogP contribution in [0.25, 0.3) is 0 Å². The number of carbonyl (C=O) groups excluding carboxylic acids is 2. The molecule has 2 amide bonds. The molecule has 6 N–H and O–H groups in total. The molecule has 0 bridgehead atoms. The number of rotatable bonds is 7. The predicted octanol–water partition coefficient (Wildman–Crippen LogP) is -0.733. The van der Waals surface area contributed by atoms with E-state index in [2.05, 4.69) is 0 Å². The smallest absolute Gasteiger partial charge is 0.231 e. The summed E-state index contributed by atoms with van der Waals surface area (Å²) in [7, 11) is 0. The summed E-state index contributed by atoms with van der Waals surface area (Å²) in [5.41, 5.74) is 18.2. The molecule has 0 aliphatic carbocycles. The van der Waals surface area contributed by atoms with E-state index in [1.807, 2.05) is 31.2 Å². The highest BCUT2D eigenvalue weighted by atomic mass is 16.2. The van der Waals surface area contributed by atoms with E-state index in [9.17, 15) is 9.59 Å². The largest absolute Gasteiger partial charge is 0.369 e. The van der Waals surface area contributed by atoms with Crippen LogP contribution in [0.15, 0.2) is 24.3 Å². The van der Waals surface area contributed by atoms with Crippen LogP contribution in [0.3, 0.4) is 0 Å². The van der Waals surface area contributed by atoms with Crippen molar-refractivity contribution >= 4 is 11.8 Å². The van der Waals surface area contributed by atoms with E-state index in [1.165, 1.54) is 0 Å². The van der Waals surface area contributed by atoms with Gasteiger partial charge >= 0.3 is 0 Å². The van der Waals surface area contributed by atoms with Crippen molar-refractivity contribution in [2.45, 2.75) is 13.0 Å². The normalized spacial score (nSPS) is 12.4. The molecule has 1 aromatic carbocycles. The average Bonchev–Trinajstić information content (AvgIpc) is 2.28. The molecule has 0 spiro atoms. The second kappa shape index (κ2) is 6.86. The molecule has 19 heavy (non-hydrogen) atoms. The first kappa shape index (κ1) is 15.1. The molecule has 0 aromatic heterocycles. The molecule has 1 atom stereocenters. The van der Waals surface area contributed by atoms with Gasteiger partial charge in [0.25, 0.3) is 0 Å². The van der Waals surface area contributed by atoms with E-state index in [-0.39, 0.29) is 25.7 Å². The Bertz CT molecular complexity index is 446. The third-order valence-electron chi connectivity index (χ3n) is 2.81. The second-order valence-electron chi connectivity index (χ2n) is 4.50. The van der Waals surface area contributed by atoms with Crippen LogP contribution in [-0.2, 0) is 9.59 Å². The molecule has 0 heterocycles. The number of benzene rings is 1. The van der Waals surface area contributed by atoms with Gasteiger partial charge < -0.3 is 17.2 Å². The third kappa shape index (κ3) is 4.69. The highest BCUT2D eigenvalue weighted by Crippen LogP contribution is 2.20. The summed E-state index contributed by atoms with van der Waals surface area (Å²) in [6, 6.07) is 7.47. The Morgan fingerprint density at radius 1 is 1.21 bits per heavy atom. The maximum absolute atomic E-state index is 11.1. The van der Waals surface area contributed by atoms with E-state index in [0.717, 1.165) is 11.1 Å². The maximum Gasteiger partial charge on any atom is 0.231 e. The van der Waals surface area contributed by atoms with Gasteiger partial charge in [0.1, 0.15) is 0 Å². The maximum atomic E-state index is 11.1. The second-order valence-corrected chi connectivity index (χ2v) is 4.50. The number of carbonyl (C=O) groups is 2. The van der Waals surface area contributed by atoms with Crippen molar-refractivity contribution in [3.63, 3.8) is 0 Å². The van der Waals surface area contributed by atoms with Gasteiger partial charge in [0.05, 0.1) is 13.1 Å². The first-order chi connectivity index (χ1) is 8.93. The average molecular weight is 264 g/mol. The zero-order valence-corrected chi connectivity index (χ0v) is 11.0. The Morgan fingerprint density at radius 3 is 2.21 bits per heavy atom. The summed E-state index contributed by atoms with van der Waals surface area (Å²) < 4.78 is 0. The lowest BCUT2D eigenvalue weighted by molar-refractivity contribution is -0.122. The third-order valence-corrected chi connectivity index (χ3v) is 2.81. The lowest BCUT2D eigenvalue weighted by Gasteiger charge is -2.29. The fourth-order valence-corrected chi connectivity index (χ4v) is 2.05. The molecule has 1 rings (SSSR count). The van der Waals surface area contributed by atoms with Crippen molar-refractivity contribution in [1.82, 2.24) is 4.90 Å². The Hall–Kier alpha value is -1.92. The molecule has 0 fully saturated rings. The van der Waals surface area contributed by atoms with E-state index in [4.69, 9.17) is 17.2 Å². The Balaban J connectivity index is 3.00. The summed E-state index contributed by atoms with van der Waals surface area (Å²) in [6.07, 6.45) is 0. The Kier molecular flexibility index (Phi) is 5.47. The predicted molar refractivity (Wildman–Crippen MR) is 72.9 cm³/mol. The van der Waals surface area contributed by atoms with Gasteiger partial charge in [0.15, 0.2) is 0 Å². The van der Waals surface area contributed by atoms with Crippen LogP contribution in [0.2, 0.25) is 0 Å². The van der Waals surface area contributed by atoms with Crippen molar-refractivity contribution in [1.29, 1.82) is 0 Å². The lowest BCUT2D eigenvalue weighted by atomic mass is 10.0. The van der Waals surface area contributed by atoms with Gasteiger partial charge in [-0.3, -0.25) is 14.5 Å². The summed E-state index contributed by atoms with van der Waals surface area (Å²) >= 11 is 0. The molecule has 1 aromatic rings. The molecule has 6 heteroatoms. The minimum Gasteiger partial charge on any atom is -0.369 e. The molecular weight excluding hydrogens is 244 g/mol. The standard InChI is InChI=1S/C13H20N4O2/c1-9-3-2-4-10(5-9)11(6-14)17(7-12(15)18)8-13(16)19/h2-5,11H,6-8,14H2,1H3,(H2,15,18)(H2,16,19). The van der Waals surface area contributed by atoms with Crippen molar-refractivity contribution in [3.8, 4) is 0 Å². The highest BCUT2D eigenvalue weighted by molar-refractivity contribution is 5.79. The fourth-order valence-electron chi connectivity index (χ4n) is 2.05. The molecule has 0 aliphatic rings. The quantitative estimate of drug-likeness (QED) is 0.602. The van der Waals surface area contributed by atoms with E-state index in [0.29, 0.717) is 0 Å². The van der Waals surface area contributed by atoms with Crippen molar-refractivity contribution in [2.24, 2.45) is 17.2 Å². The molecule has 1 unspecified atom stereocenters. The van der Waals surface area contributed by atoms with Crippen molar-refractivity contribution in [2.75, 3.05) is 19.6 Å². The summed E-state index contributed by atoms with van der Waals surface area (Å²) in [5, 5.41) is 0. The van der Waals surface area contributed by atoms with Gasteiger partial charge in [0, 0.05) is 12.6 Å². The number of hydrogen-bond donors (Lipinski definition) is 3. The van der Waals surface area contributed by atoms with Crippen molar-refractivity contribution < 1.29 is 9.59 Å². The van der Waals surface area contributed by atoms with E-state index < -0.39 is 11.8 Å². The minimum absolute atomic E-state index is 0.0568. The number of nitrogens with zero attached hydrogens (tertiary/aromatic N) is 1. The number of primary amides is 2. The van der Waals surface area contributed by atoms with Crippen molar-refractivity contribution in [3.05, 3.63) is 35.4 Å². The molecule has 6 nitrogen and oxygen atoms in total. The fraction of sp³-hybridized carbons (Fsp3) is 0.385. The van der Waals surface area contributed by atoms with Crippen LogP contribution in [0.5, 0.6) is 0 Å². The van der Waals surface area contributed by atoms with Gasteiger partial charge in [-0.05, 0) is 12.5 Å². The molecule has 0 radical (unpaired) electrons. The zero-order chi connectivity index (χ0) is 14.4. The molecular formula is C13H20N4O2. The van der Waals surface area contributed by atoms with Crippen LogP contribution in [0, 0.1) is 6.92 Å². The van der Waals surface area contributed by atoms with Crippen LogP contribution in [0.4, 0.5) is 0 Å². The zero-order valence-electron chi connectivity index (χ0n) is 11.0. The molecule has 104 valence electrons. The topological polar surface area (TPSA) is 115 Å². The van der Waals surface area contributed by atoms with Gasteiger partial charge in [-0.2, -0.15) is 0 Å². The Labute approximate surface area is 112 Å². The SMILES string of the molecule is Cc1cccc(C(CN)N(CC(N)=O)CC(N)=O)c1. The minimum atomic E-state index is -0.521.